The molecule has 4 nitrogen and oxygen atoms in total. The van der Waals surface area contributed by atoms with Gasteiger partial charge in [0.15, 0.2) is 0 Å². The topological polar surface area (TPSA) is 32.8 Å². The summed E-state index contributed by atoms with van der Waals surface area (Å²) in [4.78, 5) is 16.8. The molecule has 3 fully saturated rings. The van der Waals surface area contributed by atoms with E-state index in [2.05, 4.69) is 16.8 Å². The normalized spacial score (nSPS) is 32.2. The summed E-state index contributed by atoms with van der Waals surface area (Å²) in [7, 11) is 2.20. The number of likely N-dealkylation sites (tertiary alicyclic amines) is 2. The summed E-state index contributed by atoms with van der Waals surface area (Å²) in [6.45, 7) is 3.19. The summed E-state index contributed by atoms with van der Waals surface area (Å²) in [5.74, 6) is 0.951. The summed E-state index contributed by atoms with van der Waals surface area (Å²) < 4.78 is 5.56. The number of hydrogen-bond acceptors (Lipinski definition) is 3. The molecule has 108 valence electrons. The number of ether oxygens (including phenoxy) is 1. The average Bonchev–Trinajstić information content (AvgIpc) is 2.92. The van der Waals surface area contributed by atoms with E-state index >= 15 is 0 Å². The van der Waals surface area contributed by atoms with E-state index in [0.29, 0.717) is 18.7 Å². The highest BCUT2D eigenvalue weighted by atomic mass is 16.5. The van der Waals surface area contributed by atoms with E-state index in [0.717, 1.165) is 25.5 Å². The Balaban J connectivity index is 1.51. The molecule has 2 atom stereocenters. The van der Waals surface area contributed by atoms with E-state index in [9.17, 15) is 4.79 Å². The van der Waals surface area contributed by atoms with Crippen molar-refractivity contribution in [1.82, 2.24) is 9.80 Å². The molecule has 2 heterocycles. The zero-order valence-corrected chi connectivity index (χ0v) is 12.0. The van der Waals surface area contributed by atoms with Gasteiger partial charge in [0.05, 0.1) is 6.61 Å². The van der Waals surface area contributed by atoms with Gasteiger partial charge in [-0.15, -0.1) is 0 Å². The van der Waals surface area contributed by atoms with Crippen molar-refractivity contribution in [3.63, 3.8) is 0 Å². The van der Waals surface area contributed by atoms with Gasteiger partial charge in [0.1, 0.15) is 6.61 Å². The lowest BCUT2D eigenvalue weighted by atomic mass is 10.0. The van der Waals surface area contributed by atoms with Crippen molar-refractivity contribution in [2.75, 3.05) is 33.4 Å². The van der Waals surface area contributed by atoms with Crippen molar-refractivity contribution in [2.45, 2.75) is 50.6 Å². The molecule has 0 bridgehead atoms. The second-order valence-corrected chi connectivity index (χ2v) is 6.45. The third-order valence-electron chi connectivity index (χ3n) is 4.92. The van der Waals surface area contributed by atoms with Gasteiger partial charge >= 0.3 is 0 Å². The predicted molar refractivity (Wildman–Crippen MR) is 73.9 cm³/mol. The summed E-state index contributed by atoms with van der Waals surface area (Å²) in [5, 5.41) is 0. The van der Waals surface area contributed by atoms with Gasteiger partial charge in [-0.05, 0) is 58.0 Å². The maximum atomic E-state index is 12.3. The van der Waals surface area contributed by atoms with Crippen molar-refractivity contribution < 1.29 is 9.53 Å². The quantitative estimate of drug-likeness (QED) is 0.756. The molecule has 0 N–H and O–H groups in total. The molecular formula is C15H26N2O2. The third kappa shape index (κ3) is 3.11. The van der Waals surface area contributed by atoms with Gasteiger partial charge in [-0.25, -0.2) is 0 Å². The minimum absolute atomic E-state index is 0.212. The van der Waals surface area contributed by atoms with E-state index in [-0.39, 0.29) is 5.91 Å². The highest BCUT2D eigenvalue weighted by Gasteiger charge is 2.38. The van der Waals surface area contributed by atoms with E-state index < -0.39 is 0 Å². The first-order valence-electron chi connectivity index (χ1n) is 7.83. The van der Waals surface area contributed by atoms with E-state index in [1.165, 1.54) is 38.6 Å². The Morgan fingerprint density at radius 2 is 1.84 bits per heavy atom. The molecule has 3 aliphatic rings. The minimum atomic E-state index is 0.212. The van der Waals surface area contributed by atoms with Crippen molar-refractivity contribution in [2.24, 2.45) is 5.92 Å². The number of likely N-dealkylation sites (N-methyl/N-ethyl adjacent to an activating group) is 1. The van der Waals surface area contributed by atoms with Crippen LogP contribution >= 0.6 is 0 Å². The second-order valence-electron chi connectivity index (χ2n) is 6.45. The SMILES string of the molecule is CN1CCCC1C1CCCN1C(=O)COCC1CC1. The maximum absolute atomic E-state index is 12.3. The van der Waals surface area contributed by atoms with Crippen LogP contribution in [0.25, 0.3) is 0 Å². The lowest BCUT2D eigenvalue weighted by Crippen LogP contribution is -2.48. The van der Waals surface area contributed by atoms with Gasteiger partial charge in [0.2, 0.25) is 5.91 Å². The molecule has 0 aromatic rings. The Bertz CT molecular complexity index is 330. The summed E-state index contributed by atoms with van der Waals surface area (Å²) in [5.41, 5.74) is 0. The highest BCUT2D eigenvalue weighted by Crippen LogP contribution is 2.30. The van der Waals surface area contributed by atoms with Crippen LogP contribution in [0.4, 0.5) is 0 Å². The molecule has 0 spiro atoms. The first-order valence-corrected chi connectivity index (χ1v) is 7.83. The van der Waals surface area contributed by atoms with Gasteiger partial charge in [-0.1, -0.05) is 0 Å². The molecule has 1 amide bonds. The van der Waals surface area contributed by atoms with E-state index in [1.54, 1.807) is 0 Å². The second kappa shape index (κ2) is 5.80. The predicted octanol–water partition coefficient (Wildman–Crippen LogP) is 1.50. The Labute approximate surface area is 116 Å². The van der Waals surface area contributed by atoms with Crippen LogP contribution in [0.5, 0.6) is 0 Å². The lowest BCUT2D eigenvalue weighted by molar-refractivity contribution is -0.138. The summed E-state index contributed by atoms with van der Waals surface area (Å²) >= 11 is 0. The van der Waals surface area contributed by atoms with Crippen LogP contribution in [-0.2, 0) is 9.53 Å². The van der Waals surface area contributed by atoms with Gasteiger partial charge in [-0.3, -0.25) is 4.79 Å². The number of hydrogen-bond donors (Lipinski definition) is 0. The van der Waals surface area contributed by atoms with Gasteiger partial charge in [-0.2, -0.15) is 0 Å². The minimum Gasteiger partial charge on any atom is -0.371 e. The number of amides is 1. The summed E-state index contributed by atoms with van der Waals surface area (Å²) in [6.07, 6.45) is 7.42. The molecule has 2 unspecified atom stereocenters. The third-order valence-corrected chi connectivity index (χ3v) is 4.92. The monoisotopic (exact) mass is 266 g/mol. The molecular weight excluding hydrogens is 240 g/mol. The van der Waals surface area contributed by atoms with Crippen molar-refractivity contribution in [3.8, 4) is 0 Å². The molecule has 2 saturated heterocycles. The fourth-order valence-electron chi connectivity index (χ4n) is 3.60. The number of carbonyl (C=O) groups excluding carboxylic acids is 1. The Morgan fingerprint density at radius 1 is 1.11 bits per heavy atom. The maximum Gasteiger partial charge on any atom is 0.248 e. The first kappa shape index (κ1) is 13.4. The molecule has 0 radical (unpaired) electrons. The average molecular weight is 266 g/mol. The van der Waals surface area contributed by atoms with Crippen LogP contribution in [0, 0.1) is 5.92 Å². The fraction of sp³-hybridized carbons (Fsp3) is 0.933. The largest absolute Gasteiger partial charge is 0.371 e. The summed E-state index contributed by atoms with van der Waals surface area (Å²) in [6, 6.07) is 1.01. The van der Waals surface area contributed by atoms with E-state index in [4.69, 9.17) is 4.74 Å². The van der Waals surface area contributed by atoms with Crippen molar-refractivity contribution in [3.05, 3.63) is 0 Å². The van der Waals surface area contributed by atoms with Crippen LogP contribution in [0.2, 0.25) is 0 Å². The molecule has 4 heteroatoms. The molecule has 0 aromatic heterocycles. The van der Waals surface area contributed by atoms with Crippen LogP contribution in [0.15, 0.2) is 0 Å². The van der Waals surface area contributed by atoms with Gasteiger partial charge < -0.3 is 14.5 Å². The highest BCUT2D eigenvalue weighted by molar-refractivity contribution is 5.78. The van der Waals surface area contributed by atoms with Crippen LogP contribution < -0.4 is 0 Å². The number of nitrogens with zero attached hydrogens (tertiary/aromatic N) is 2. The van der Waals surface area contributed by atoms with E-state index in [1.807, 2.05) is 0 Å². The Morgan fingerprint density at radius 3 is 2.53 bits per heavy atom. The number of rotatable bonds is 5. The molecule has 1 saturated carbocycles. The Kier molecular flexibility index (Phi) is 4.08. The Hall–Kier alpha value is -0.610. The smallest absolute Gasteiger partial charge is 0.248 e. The molecule has 1 aliphatic carbocycles. The standard InChI is InChI=1S/C15H26N2O2/c1-16-8-2-4-13(16)14-5-3-9-17(14)15(18)11-19-10-12-6-7-12/h12-14H,2-11H2,1H3. The van der Waals surface area contributed by atoms with Crippen LogP contribution in [0.3, 0.4) is 0 Å². The molecule has 2 aliphatic heterocycles. The van der Waals surface area contributed by atoms with Crippen molar-refractivity contribution >= 4 is 5.91 Å². The van der Waals surface area contributed by atoms with Crippen molar-refractivity contribution in [1.29, 1.82) is 0 Å². The molecule has 19 heavy (non-hydrogen) atoms. The zero-order valence-electron chi connectivity index (χ0n) is 12.0. The lowest BCUT2D eigenvalue weighted by Gasteiger charge is -2.33. The van der Waals surface area contributed by atoms with Gasteiger partial charge in [0, 0.05) is 18.6 Å². The number of carbonyl (C=O) groups is 1. The van der Waals surface area contributed by atoms with Crippen LogP contribution in [0.1, 0.15) is 38.5 Å². The first-order chi connectivity index (χ1) is 9.25. The zero-order chi connectivity index (χ0) is 13.2. The molecule has 0 aromatic carbocycles. The van der Waals surface area contributed by atoms with Crippen LogP contribution in [-0.4, -0.2) is 61.1 Å². The molecule has 3 rings (SSSR count). The fourth-order valence-corrected chi connectivity index (χ4v) is 3.60. The van der Waals surface area contributed by atoms with Gasteiger partial charge in [0.25, 0.3) is 0 Å².